The Balaban J connectivity index is 3.21. The lowest BCUT2D eigenvalue weighted by molar-refractivity contribution is -0.151. The largest absolute Gasteiger partial charge is 0.479 e. The third kappa shape index (κ3) is 5.94. The van der Waals surface area contributed by atoms with Crippen LogP contribution in [-0.4, -0.2) is 46.0 Å². The minimum Gasteiger partial charge on any atom is -0.479 e. The molecule has 0 bridgehead atoms. The zero-order chi connectivity index (χ0) is 19.9. The summed E-state index contributed by atoms with van der Waals surface area (Å²) in [6.07, 6.45) is -2.91. The van der Waals surface area contributed by atoms with E-state index in [9.17, 15) is 19.5 Å². The van der Waals surface area contributed by atoms with Gasteiger partial charge in [0.1, 0.15) is 0 Å². The van der Waals surface area contributed by atoms with Crippen LogP contribution in [0.25, 0.3) is 0 Å². The lowest BCUT2D eigenvalue weighted by Crippen LogP contribution is -2.63. The molecular weight excluding hydrogens is 340 g/mol. The molecule has 0 aromatic heterocycles. The average molecular weight is 366 g/mol. The third-order valence-electron chi connectivity index (χ3n) is 3.41. The second kappa shape index (κ2) is 9.07. The van der Waals surface area contributed by atoms with Gasteiger partial charge in [0.25, 0.3) is 0 Å². The minimum absolute atomic E-state index is 0.0433. The Bertz CT molecular complexity index is 632. The molecule has 0 heterocycles. The molecule has 2 amide bonds. The summed E-state index contributed by atoms with van der Waals surface area (Å²) in [6, 6.07) is 8.79. The molecule has 8 heteroatoms. The molecule has 144 valence electrons. The van der Waals surface area contributed by atoms with Crippen molar-refractivity contribution in [2.24, 2.45) is 0 Å². The molecule has 0 aliphatic heterocycles. The number of benzene rings is 1. The van der Waals surface area contributed by atoms with Gasteiger partial charge in [-0.2, -0.15) is 5.01 Å². The summed E-state index contributed by atoms with van der Waals surface area (Å²) in [5.74, 6) is -1.30. The van der Waals surface area contributed by atoms with E-state index < -0.39 is 35.9 Å². The molecule has 1 aromatic rings. The van der Waals surface area contributed by atoms with Gasteiger partial charge in [-0.3, -0.25) is 0 Å². The van der Waals surface area contributed by atoms with Crippen molar-refractivity contribution in [3.8, 4) is 0 Å². The number of carbonyl (C=O) groups excluding carboxylic acids is 2. The molecule has 0 aliphatic rings. The summed E-state index contributed by atoms with van der Waals surface area (Å²) in [5, 5.41) is 10.5. The smallest absolute Gasteiger partial charge is 0.430 e. The first-order valence-electron chi connectivity index (χ1n) is 8.31. The van der Waals surface area contributed by atoms with Gasteiger partial charge in [0.05, 0.1) is 12.2 Å². The van der Waals surface area contributed by atoms with Crippen LogP contribution in [0.3, 0.4) is 0 Å². The highest BCUT2D eigenvalue weighted by atomic mass is 16.6. The maximum atomic E-state index is 12.5. The number of ether oxygens (including phenoxy) is 2. The van der Waals surface area contributed by atoms with E-state index in [0.29, 0.717) is 10.6 Å². The number of nitrogens with zero attached hydrogens (tertiary/aromatic N) is 1. The molecule has 0 saturated heterocycles. The van der Waals surface area contributed by atoms with Crippen LogP contribution in [0.1, 0.15) is 40.2 Å². The SMILES string of the molecule is CC(C)OC(=O)NN(C(=O)OC(C)C)C(C)(Cc1ccccc1)C(=O)O. The predicted molar refractivity (Wildman–Crippen MR) is 94.4 cm³/mol. The maximum Gasteiger partial charge on any atom is 0.430 e. The molecule has 0 fully saturated rings. The zero-order valence-electron chi connectivity index (χ0n) is 15.7. The predicted octanol–water partition coefficient (Wildman–Crippen LogP) is 2.97. The Morgan fingerprint density at radius 2 is 1.62 bits per heavy atom. The van der Waals surface area contributed by atoms with Crippen LogP contribution < -0.4 is 5.43 Å². The van der Waals surface area contributed by atoms with Crippen molar-refractivity contribution in [1.29, 1.82) is 0 Å². The molecule has 0 aliphatic carbocycles. The van der Waals surface area contributed by atoms with Gasteiger partial charge >= 0.3 is 18.2 Å². The van der Waals surface area contributed by atoms with Gasteiger partial charge < -0.3 is 14.6 Å². The number of carboxylic acid groups (broad SMARTS) is 1. The number of hydrogen-bond donors (Lipinski definition) is 2. The number of rotatable bonds is 6. The van der Waals surface area contributed by atoms with Gasteiger partial charge in [-0.25, -0.2) is 19.8 Å². The van der Waals surface area contributed by atoms with Crippen LogP contribution in [0.4, 0.5) is 9.59 Å². The quantitative estimate of drug-likeness (QED) is 0.750. The third-order valence-corrected chi connectivity index (χ3v) is 3.41. The van der Waals surface area contributed by atoms with Crippen molar-refractivity contribution in [1.82, 2.24) is 10.4 Å². The van der Waals surface area contributed by atoms with Crippen LogP contribution in [0, 0.1) is 0 Å². The van der Waals surface area contributed by atoms with Crippen molar-refractivity contribution in [2.75, 3.05) is 0 Å². The van der Waals surface area contributed by atoms with Gasteiger partial charge in [-0.15, -0.1) is 0 Å². The summed E-state index contributed by atoms with van der Waals surface area (Å²) in [7, 11) is 0. The Kier molecular flexibility index (Phi) is 7.42. The van der Waals surface area contributed by atoms with Crippen molar-refractivity contribution in [2.45, 2.75) is 58.8 Å². The fourth-order valence-electron chi connectivity index (χ4n) is 2.20. The lowest BCUT2D eigenvalue weighted by atomic mass is 9.92. The number of aliphatic carboxylic acids is 1. The van der Waals surface area contributed by atoms with Crippen LogP contribution in [0.15, 0.2) is 30.3 Å². The van der Waals surface area contributed by atoms with Gasteiger partial charge in [-0.1, -0.05) is 30.3 Å². The Morgan fingerprint density at radius 1 is 1.08 bits per heavy atom. The van der Waals surface area contributed by atoms with E-state index in [1.807, 2.05) is 0 Å². The first kappa shape index (κ1) is 21.3. The molecule has 8 nitrogen and oxygen atoms in total. The Labute approximate surface area is 153 Å². The normalized spacial score (nSPS) is 13.0. The zero-order valence-corrected chi connectivity index (χ0v) is 15.7. The van der Waals surface area contributed by atoms with E-state index in [4.69, 9.17) is 9.47 Å². The fraction of sp³-hybridized carbons (Fsp3) is 0.500. The topological polar surface area (TPSA) is 105 Å². The molecule has 0 radical (unpaired) electrons. The number of carboxylic acids is 1. The summed E-state index contributed by atoms with van der Waals surface area (Å²) < 4.78 is 10.1. The van der Waals surface area contributed by atoms with Crippen LogP contribution in [-0.2, 0) is 20.7 Å². The molecule has 1 rings (SSSR count). The van der Waals surface area contributed by atoms with Crippen molar-refractivity contribution >= 4 is 18.2 Å². The van der Waals surface area contributed by atoms with Crippen molar-refractivity contribution in [3.63, 3.8) is 0 Å². The first-order chi connectivity index (χ1) is 12.1. The molecule has 1 atom stereocenters. The number of hydrogen-bond acceptors (Lipinski definition) is 5. The van der Waals surface area contributed by atoms with E-state index in [-0.39, 0.29) is 6.42 Å². The van der Waals surface area contributed by atoms with Crippen LogP contribution in [0.5, 0.6) is 0 Å². The summed E-state index contributed by atoms with van der Waals surface area (Å²) >= 11 is 0. The fourth-order valence-corrected chi connectivity index (χ4v) is 2.20. The molecule has 26 heavy (non-hydrogen) atoms. The molecular formula is C18H26N2O6. The van der Waals surface area contributed by atoms with Crippen molar-refractivity contribution in [3.05, 3.63) is 35.9 Å². The number of amides is 2. The standard InChI is InChI=1S/C18H26N2O6/c1-12(2)25-16(23)19-20(17(24)26-13(3)4)18(5,15(21)22)11-14-9-7-6-8-10-14/h6-10,12-13H,11H2,1-5H3,(H,19,23)(H,21,22). The van der Waals surface area contributed by atoms with E-state index in [0.717, 1.165) is 0 Å². The van der Waals surface area contributed by atoms with Crippen LogP contribution in [0.2, 0.25) is 0 Å². The summed E-state index contributed by atoms with van der Waals surface area (Å²) in [6.45, 7) is 7.85. The number of nitrogens with one attached hydrogen (secondary N) is 1. The highest BCUT2D eigenvalue weighted by molar-refractivity contribution is 5.85. The number of carbonyl (C=O) groups is 3. The van der Waals surface area contributed by atoms with Gasteiger partial charge in [0.2, 0.25) is 0 Å². The summed E-state index contributed by atoms with van der Waals surface area (Å²) in [5.41, 5.74) is 1.10. The van der Waals surface area contributed by atoms with E-state index in [2.05, 4.69) is 5.43 Å². The van der Waals surface area contributed by atoms with Crippen molar-refractivity contribution < 1.29 is 29.0 Å². The molecule has 0 spiro atoms. The average Bonchev–Trinajstić information content (AvgIpc) is 2.51. The van der Waals surface area contributed by atoms with Gasteiger partial charge in [-0.05, 0) is 40.2 Å². The Hall–Kier alpha value is -2.77. The molecule has 0 saturated carbocycles. The van der Waals surface area contributed by atoms with E-state index in [1.165, 1.54) is 6.92 Å². The van der Waals surface area contributed by atoms with E-state index in [1.54, 1.807) is 58.0 Å². The summed E-state index contributed by atoms with van der Waals surface area (Å²) in [4.78, 5) is 36.5. The molecule has 1 aromatic carbocycles. The minimum atomic E-state index is -1.79. The van der Waals surface area contributed by atoms with Gasteiger partial charge in [0.15, 0.2) is 5.54 Å². The second-order valence-corrected chi connectivity index (χ2v) is 6.58. The lowest BCUT2D eigenvalue weighted by Gasteiger charge is -2.37. The second-order valence-electron chi connectivity index (χ2n) is 6.58. The Morgan fingerprint density at radius 3 is 2.08 bits per heavy atom. The number of hydrazine groups is 1. The first-order valence-corrected chi connectivity index (χ1v) is 8.31. The van der Waals surface area contributed by atoms with Crippen LogP contribution >= 0.6 is 0 Å². The molecule has 2 N–H and O–H groups in total. The maximum absolute atomic E-state index is 12.5. The van der Waals surface area contributed by atoms with Gasteiger partial charge in [0, 0.05) is 6.42 Å². The molecule has 1 unspecified atom stereocenters. The van der Waals surface area contributed by atoms with E-state index >= 15 is 0 Å². The highest BCUT2D eigenvalue weighted by Gasteiger charge is 2.45. The highest BCUT2D eigenvalue weighted by Crippen LogP contribution is 2.22. The monoisotopic (exact) mass is 366 g/mol.